The molecule has 6 nitrogen and oxygen atoms in total. The van der Waals surface area contributed by atoms with Gasteiger partial charge >= 0.3 is 0 Å². The average molecular weight is 246 g/mol. The van der Waals surface area contributed by atoms with Gasteiger partial charge in [0.25, 0.3) is 5.91 Å². The minimum Gasteiger partial charge on any atom is -0.397 e. The molecule has 16 heavy (non-hydrogen) atoms. The smallest absolute Gasteiger partial charge is 0.253 e. The van der Waals surface area contributed by atoms with Crippen molar-refractivity contribution >= 4 is 23.2 Å². The van der Waals surface area contributed by atoms with Crippen LogP contribution < -0.4 is 11.1 Å². The van der Waals surface area contributed by atoms with Crippen LogP contribution in [0.15, 0.2) is 12.3 Å². The van der Waals surface area contributed by atoms with Gasteiger partial charge in [0.05, 0.1) is 36.7 Å². The van der Waals surface area contributed by atoms with E-state index >= 15 is 0 Å². The van der Waals surface area contributed by atoms with E-state index < -0.39 is 11.9 Å². The third-order valence-electron chi connectivity index (χ3n) is 1.92. The summed E-state index contributed by atoms with van der Waals surface area (Å²) < 4.78 is 0. The summed E-state index contributed by atoms with van der Waals surface area (Å²) in [7, 11) is 0. The van der Waals surface area contributed by atoms with E-state index in [0.717, 1.165) is 0 Å². The van der Waals surface area contributed by atoms with Crippen LogP contribution in [0.2, 0.25) is 5.15 Å². The van der Waals surface area contributed by atoms with E-state index in [-0.39, 0.29) is 29.6 Å². The van der Waals surface area contributed by atoms with Gasteiger partial charge in [0.15, 0.2) is 0 Å². The Morgan fingerprint density at radius 1 is 1.56 bits per heavy atom. The van der Waals surface area contributed by atoms with Gasteiger partial charge in [0, 0.05) is 0 Å². The third kappa shape index (κ3) is 3.06. The number of pyridine rings is 1. The quantitative estimate of drug-likeness (QED) is 0.530. The molecule has 0 atom stereocenters. The van der Waals surface area contributed by atoms with Gasteiger partial charge in [-0.1, -0.05) is 11.6 Å². The van der Waals surface area contributed by atoms with Crippen LogP contribution in [0.5, 0.6) is 0 Å². The zero-order chi connectivity index (χ0) is 12.1. The topological polar surface area (TPSA) is 108 Å². The molecule has 0 unspecified atom stereocenters. The summed E-state index contributed by atoms with van der Waals surface area (Å²) in [6.45, 7) is -0.720. The molecule has 1 heterocycles. The van der Waals surface area contributed by atoms with Crippen molar-refractivity contribution in [2.75, 3.05) is 18.9 Å². The maximum atomic E-state index is 11.6. The molecule has 0 radical (unpaired) electrons. The molecule has 1 rings (SSSR count). The second-order valence-electron chi connectivity index (χ2n) is 3.13. The lowest BCUT2D eigenvalue weighted by Crippen LogP contribution is -2.40. The van der Waals surface area contributed by atoms with Crippen molar-refractivity contribution in [2.24, 2.45) is 0 Å². The minimum atomic E-state index is -0.723. The molecule has 0 aromatic carbocycles. The Morgan fingerprint density at radius 2 is 2.19 bits per heavy atom. The highest BCUT2D eigenvalue weighted by atomic mass is 35.5. The van der Waals surface area contributed by atoms with Gasteiger partial charge in [-0.05, 0) is 6.07 Å². The number of nitrogens with zero attached hydrogens (tertiary/aromatic N) is 1. The molecular formula is C9H12ClN3O3. The summed E-state index contributed by atoms with van der Waals surface area (Å²) >= 11 is 5.62. The highest BCUT2D eigenvalue weighted by Gasteiger charge is 2.15. The fourth-order valence-corrected chi connectivity index (χ4v) is 1.21. The lowest BCUT2D eigenvalue weighted by molar-refractivity contribution is 0.0880. The number of anilines is 1. The lowest BCUT2D eigenvalue weighted by atomic mass is 10.2. The number of hydrogen-bond acceptors (Lipinski definition) is 5. The van der Waals surface area contributed by atoms with Gasteiger partial charge in [-0.2, -0.15) is 0 Å². The highest BCUT2D eigenvalue weighted by Crippen LogP contribution is 2.14. The molecular weight excluding hydrogens is 234 g/mol. The molecule has 1 aromatic heterocycles. The predicted octanol–water partition coefficient (Wildman–Crippen LogP) is -0.600. The maximum absolute atomic E-state index is 11.6. The molecule has 0 spiro atoms. The predicted molar refractivity (Wildman–Crippen MR) is 59.1 cm³/mol. The molecule has 5 N–H and O–H groups in total. The average Bonchev–Trinajstić information content (AvgIpc) is 2.28. The Hall–Kier alpha value is -1.37. The standard InChI is InChI=1S/C9H12ClN3O3/c10-8-1-6(7(11)2-12-8)9(16)13-5(3-14)4-15/h1-2,5,14-15H,3-4,11H2,(H,13,16). The zero-order valence-corrected chi connectivity index (χ0v) is 9.11. The molecule has 0 saturated carbocycles. The molecule has 0 aliphatic heterocycles. The Bertz CT molecular complexity index is 382. The Balaban J connectivity index is 2.83. The molecule has 88 valence electrons. The number of aromatic nitrogens is 1. The summed E-state index contributed by atoms with van der Waals surface area (Å²) in [6.07, 6.45) is 1.27. The number of carbonyl (C=O) groups is 1. The molecule has 0 aliphatic carbocycles. The fraction of sp³-hybridized carbons (Fsp3) is 0.333. The van der Waals surface area contributed by atoms with E-state index in [9.17, 15) is 4.79 Å². The minimum absolute atomic E-state index is 0.142. The number of nitrogen functional groups attached to an aromatic ring is 1. The fourth-order valence-electron chi connectivity index (χ4n) is 1.05. The number of amides is 1. The summed E-state index contributed by atoms with van der Waals surface area (Å²) in [5.74, 6) is -0.519. The third-order valence-corrected chi connectivity index (χ3v) is 2.13. The maximum Gasteiger partial charge on any atom is 0.253 e. The van der Waals surface area contributed by atoms with E-state index in [1.54, 1.807) is 0 Å². The Kier molecular flexibility index (Phi) is 4.48. The van der Waals surface area contributed by atoms with Gasteiger partial charge in [0.1, 0.15) is 5.15 Å². The summed E-state index contributed by atoms with van der Waals surface area (Å²) in [4.78, 5) is 15.3. The lowest BCUT2D eigenvalue weighted by Gasteiger charge is -2.14. The largest absolute Gasteiger partial charge is 0.397 e. The monoisotopic (exact) mass is 245 g/mol. The summed E-state index contributed by atoms with van der Waals surface area (Å²) in [6, 6.07) is 0.594. The van der Waals surface area contributed by atoms with Crippen molar-refractivity contribution in [3.63, 3.8) is 0 Å². The van der Waals surface area contributed by atoms with E-state index in [0.29, 0.717) is 0 Å². The molecule has 0 aliphatic rings. The second kappa shape index (κ2) is 5.64. The molecule has 0 fully saturated rings. The number of aliphatic hydroxyl groups excluding tert-OH is 2. The SMILES string of the molecule is Nc1cnc(Cl)cc1C(=O)NC(CO)CO. The number of halogens is 1. The number of carbonyl (C=O) groups excluding carboxylic acids is 1. The number of hydrogen-bond donors (Lipinski definition) is 4. The summed E-state index contributed by atoms with van der Waals surface area (Å²) in [5.41, 5.74) is 5.88. The van der Waals surface area contributed by atoms with E-state index in [2.05, 4.69) is 10.3 Å². The van der Waals surface area contributed by atoms with Gasteiger partial charge in [-0.25, -0.2) is 4.98 Å². The van der Waals surface area contributed by atoms with Crippen molar-refractivity contribution < 1.29 is 15.0 Å². The van der Waals surface area contributed by atoms with E-state index in [4.69, 9.17) is 27.5 Å². The van der Waals surface area contributed by atoms with Crippen LogP contribution in [-0.4, -0.2) is 40.4 Å². The summed E-state index contributed by atoms with van der Waals surface area (Å²) in [5, 5.41) is 20.1. The van der Waals surface area contributed by atoms with Gasteiger partial charge in [-0.3, -0.25) is 4.79 Å². The normalized spacial score (nSPS) is 10.5. The first-order chi connectivity index (χ1) is 7.58. The number of aliphatic hydroxyl groups is 2. The van der Waals surface area contributed by atoms with E-state index in [1.165, 1.54) is 12.3 Å². The second-order valence-corrected chi connectivity index (χ2v) is 3.52. The first-order valence-electron chi connectivity index (χ1n) is 4.52. The van der Waals surface area contributed by atoms with Crippen LogP contribution in [0.25, 0.3) is 0 Å². The van der Waals surface area contributed by atoms with Crippen LogP contribution in [0.4, 0.5) is 5.69 Å². The first kappa shape index (κ1) is 12.7. The van der Waals surface area contributed by atoms with Crippen molar-refractivity contribution in [3.05, 3.63) is 23.0 Å². The number of nitrogens with two attached hydrogens (primary N) is 1. The van der Waals surface area contributed by atoms with Gasteiger partial charge in [-0.15, -0.1) is 0 Å². The highest BCUT2D eigenvalue weighted by molar-refractivity contribution is 6.29. The molecule has 1 aromatic rings. The van der Waals surface area contributed by atoms with Crippen molar-refractivity contribution in [1.82, 2.24) is 10.3 Å². The van der Waals surface area contributed by atoms with Gasteiger partial charge in [0.2, 0.25) is 0 Å². The van der Waals surface area contributed by atoms with Crippen molar-refractivity contribution in [1.29, 1.82) is 0 Å². The van der Waals surface area contributed by atoms with Crippen LogP contribution in [0, 0.1) is 0 Å². The zero-order valence-electron chi connectivity index (χ0n) is 8.35. The van der Waals surface area contributed by atoms with E-state index in [1.807, 2.05) is 0 Å². The van der Waals surface area contributed by atoms with Crippen LogP contribution in [0.1, 0.15) is 10.4 Å². The Labute approximate surface area is 97.1 Å². The molecule has 0 saturated heterocycles. The van der Waals surface area contributed by atoms with Crippen LogP contribution in [-0.2, 0) is 0 Å². The molecule has 1 amide bonds. The number of rotatable bonds is 4. The van der Waals surface area contributed by atoms with Crippen LogP contribution >= 0.6 is 11.6 Å². The van der Waals surface area contributed by atoms with Gasteiger partial charge < -0.3 is 21.3 Å². The van der Waals surface area contributed by atoms with Crippen molar-refractivity contribution in [2.45, 2.75) is 6.04 Å². The van der Waals surface area contributed by atoms with Crippen molar-refractivity contribution in [3.8, 4) is 0 Å². The first-order valence-corrected chi connectivity index (χ1v) is 4.90. The molecule has 0 bridgehead atoms. The Morgan fingerprint density at radius 3 is 2.75 bits per heavy atom. The van der Waals surface area contributed by atoms with Crippen LogP contribution in [0.3, 0.4) is 0 Å². The number of nitrogens with one attached hydrogen (secondary N) is 1. The molecule has 7 heteroatoms.